The number of pyridine rings is 1. The van der Waals surface area contributed by atoms with Gasteiger partial charge >= 0.3 is 0 Å². The summed E-state index contributed by atoms with van der Waals surface area (Å²) in [6, 6.07) is 8.80. The molecule has 3 aromatic rings. The van der Waals surface area contributed by atoms with Gasteiger partial charge in [0, 0.05) is 31.5 Å². The molecule has 1 saturated heterocycles. The lowest BCUT2D eigenvalue weighted by Gasteiger charge is -2.29. The van der Waals surface area contributed by atoms with E-state index < -0.39 is 0 Å². The molecule has 4 heteroatoms. The topological polar surface area (TPSA) is 32.6 Å². The van der Waals surface area contributed by atoms with Gasteiger partial charge in [0.25, 0.3) is 0 Å². The predicted molar refractivity (Wildman–Crippen MR) is 114 cm³/mol. The van der Waals surface area contributed by atoms with Gasteiger partial charge in [-0.15, -0.1) is 0 Å². The Morgan fingerprint density at radius 3 is 2.41 bits per heavy atom. The van der Waals surface area contributed by atoms with Gasteiger partial charge in [0.2, 0.25) is 0 Å². The number of rotatable bonds is 4. The summed E-state index contributed by atoms with van der Waals surface area (Å²) in [4.78, 5) is 7.35. The quantitative estimate of drug-likeness (QED) is 0.695. The molecule has 1 aliphatic heterocycles. The second-order valence-corrected chi connectivity index (χ2v) is 7.86. The molecule has 27 heavy (non-hydrogen) atoms. The van der Waals surface area contributed by atoms with Gasteiger partial charge < -0.3 is 14.6 Å². The standard InChI is InChI=1S/C23H30N4/c1-16-9-8-10-17(2)21(16)14-24-22-13-20(26-11-6-5-7-12-26)15-27-19(4)18(3)25-23(22)27/h8-10,13,15,24H,5-7,11-12,14H2,1-4H3. The number of aromatic nitrogens is 2. The van der Waals surface area contributed by atoms with Gasteiger partial charge in [0.15, 0.2) is 5.65 Å². The average molecular weight is 363 g/mol. The number of hydrogen-bond acceptors (Lipinski definition) is 3. The van der Waals surface area contributed by atoms with E-state index in [1.165, 1.54) is 47.3 Å². The van der Waals surface area contributed by atoms with Crippen molar-refractivity contribution >= 4 is 17.0 Å². The van der Waals surface area contributed by atoms with Gasteiger partial charge in [-0.3, -0.25) is 0 Å². The number of piperidine rings is 1. The van der Waals surface area contributed by atoms with Crippen LogP contribution in [0.2, 0.25) is 0 Å². The van der Waals surface area contributed by atoms with E-state index in [0.717, 1.165) is 36.7 Å². The molecule has 0 unspecified atom stereocenters. The highest BCUT2D eigenvalue weighted by molar-refractivity contribution is 5.74. The normalized spacial score (nSPS) is 14.7. The van der Waals surface area contributed by atoms with E-state index in [9.17, 15) is 0 Å². The second kappa shape index (κ2) is 7.26. The molecule has 0 saturated carbocycles. The molecule has 0 aliphatic carbocycles. The lowest BCUT2D eigenvalue weighted by Crippen LogP contribution is -2.29. The molecule has 0 bridgehead atoms. The maximum atomic E-state index is 4.84. The minimum absolute atomic E-state index is 0.822. The number of nitrogens with zero attached hydrogens (tertiary/aromatic N) is 3. The Balaban J connectivity index is 1.72. The summed E-state index contributed by atoms with van der Waals surface area (Å²) in [5, 5.41) is 3.70. The fourth-order valence-corrected chi connectivity index (χ4v) is 4.12. The van der Waals surface area contributed by atoms with Crippen LogP contribution in [0.5, 0.6) is 0 Å². The largest absolute Gasteiger partial charge is 0.378 e. The van der Waals surface area contributed by atoms with Gasteiger partial charge in [-0.05, 0) is 69.7 Å². The van der Waals surface area contributed by atoms with Crippen molar-refractivity contribution in [3.8, 4) is 0 Å². The summed E-state index contributed by atoms with van der Waals surface area (Å²) in [6.45, 7) is 11.7. The van der Waals surface area contributed by atoms with Crippen molar-refractivity contribution in [2.24, 2.45) is 0 Å². The number of anilines is 2. The summed E-state index contributed by atoms with van der Waals surface area (Å²) < 4.78 is 2.26. The van der Waals surface area contributed by atoms with Crippen LogP contribution >= 0.6 is 0 Å². The van der Waals surface area contributed by atoms with Crippen LogP contribution in [0.25, 0.3) is 5.65 Å². The third-order valence-corrected chi connectivity index (χ3v) is 6.00. The van der Waals surface area contributed by atoms with Crippen molar-refractivity contribution in [2.45, 2.75) is 53.5 Å². The third kappa shape index (κ3) is 3.41. The van der Waals surface area contributed by atoms with Crippen molar-refractivity contribution in [2.75, 3.05) is 23.3 Å². The number of fused-ring (bicyclic) bond motifs is 1. The Morgan fingerprint density at radius 2 is 1.70 bits per heavy atom. The van der Waals surface area contributed by atoms with Gasteiger partial charge in [-0.1, -0.05) is 18.2 Å². The van der Waals surface area contributed by atoms with Crippen LogP contribution in [0.15, 0.2) is 30.5 Å². The van der Waals surface area contributed by atoms with E-state index >= 15 is 0 Å². The van der Waals surface area contributed by atoms with Crippen LogP contribution in [-0.4, -0.2) is 22.5 Å². The second-order valence-electron chi connectivity index (χ2n) is 7.86. The molecule has 0 spiro atoms. The fourth-order valence-electron chi connectivity index (χ4n) is 4.12. The summed E-state index contributed by atoms with van der Waals surface area (Å²) in [5.74, 6) is 0. The molecule has 0 radical (unpaired) electrons. The number of imidazole rings is 1. The van der Waals surface area contributed by atoms with Crippen molar-refractivity contribution in [3.63, 3.8) is 0 Å². The van der Waals surface area contributed by atoms with Crippen molar-refractivity contribution < 1.29 is 0 Å². The predicted octanol–water partition coefficient (Wildman–Crippen LogP) is 5.17. The Labute approximate surface area is 162 Å². The zero-order valence-electron chi connectivity index (χ0n) is 17.0. The van der Waals surface area contributed by atoms with Crippen molar-refractivity contribution in [1.82, 2.24) is 9.38 Å². The van der Waals surface area contributed by atoms with E-state index in [-0.39, 0.29) is 0 Å². The van der Waals surface area contributed by atoms with Crippen LogP contribution in [0.4, 0.5) is 11.4 Å². The van der Waals surface area contributed by atoms with Crippen LogP contribution in [0.1, 0.15) is 47.3 Å². The SMILES string of the molecule is Cc1cccc(C)c1CNc1cc(N2CCCCC2)cn2c(C)c(C)nc12. The van der Waals surface area contributed by atoms with Crippen LogP contribution in [-0.2, 0) is 6.54 Å². The lowest BCUT2D eigenvalue weighted by molar-refractivity contribution is 0.577. The van der Waals surface area contributed by atoms with Gasteiger partial charge in [-0.25, -0.2) is 4.98 Å². The molecule has 0 amide bonds. The zero-order chi connectivity index (χ0) is 19.0. The molecule has 0 atom stereocenters. The number of benzene rings is 1. The summed E-state index contributed by atoms with van der Waals surface area (Å²) in [6.07, 6.45) is 6.18. The maximum absolute atomic E-state index is 4.84. The highest BCUT2D eigenvalue weighted by atomic mass is 15.2. The first kappa shape index (κ1) is 17.9. The third-order valence-electron chi connectivity index (χ3n) is 6.00. The molecule has 1 N–H and O–H groups in total. The monoisotopic (exact) mass is 362 g/mol. The molecule has 142 valence electrons. The van der Waals surface area contributed by atoms with E-state index in [4.69, 9.17) is 4.98 Å². The Hall–Kier alpha value is -2.49. The number of hydrogen-bond donors (Lipinski definition) is 1. The van der Waals surface area contributed by atoms with Gasteiger partial charge in [-0.2, -0.15) is 0 Å². The molecular formula is C23H30N4. The van der Waals surface area contributed by atoms with Gasteiger partial charge in [0.05, 0.1) is 17.1 Å². The van der Waals surface area contributed by atoms with Crippen molar-refractivity contribution in [1.29, 1.82) is 0 Å². The number of aryl methyl sites for hydroxylation is 4. The highest BCUT2D eigenvalue weighted by Gasteiger charge is 2.16. The van der Waals surface area contributed by atoms with Crippen LogP contribution in [0.3, 0.4) is 0 Å². The molecular weight excluding hydrogens is 332 g/mol. The Morgan fingerprint density at radius 1 is 1.00 bits per heavy atom. The molecule has 4 rings (SSSR count). The molecule has 1 aliphatic rings. The lowest BCUT2D eigenvalue weighted by atomic mass is 10.0. The highest BCUT2D eigenvalue weighted by Crippen LogP contribution is 2.29. The van der Waals surface area contributed by atoms with Crippen molar-refractivity contribution in [3.05, 3.63) is 58.5 Å². The molecule has 3 heterocycles. The zero-order valence-corrected chi connectivity index (χ0v) is 17.0. The van der Waals surface area contributed by atoms with Crippen LogP contribution in [0, 0.1) is 27.7 Å². The molecule has 4 nitrogen and oxygen atoms in total. The van der Waals surface area contributed by atoms with E-state index in [2.05, 4.69) is 72.8 Å². The Kier molecular flexibility index (Phi) is 4.81. The van der Waals surface area contributed by atoms with Crippen LogP contribution < -0.4 is 10.2 Å². The van der Waals surface area contributed by atoms with E-state index in [1.54, 1.807) is 0 Å². The molecule has 1 fully saturated rings. The molecule has 1 aromatic carbocycles. The fraction of sp³-hybridized carbons (Fsp3) is 0.435. The smallest absolute Gasteiger partial charge is 0.160 e. The first-order valence-electron chi connectivity index (χ1n) is 10.1. The minimum atomic E-state index is 0.822. The van der Waals surface area contributed by atoms with E-state index in [0.29, 0.717) is 0 Å². The van der Waals surface area contributed by atoms with Gasteiger partial charge in [0.1, 0.15) is 0 Å². The minimum Gasteiger partial charge on any atom is -0.378 e. The summed E-state index contributed by atoms with van der Waals surface area (Å²) >= 11 is 0. The number of nitrogens with one attached hydrogen (secondary N) is 1. The average Bonchev–Trinajstić information content (AvgIpc) is 2.96. The Bertz CT molecular complexity index is 944. The van der Waals surface area contributed by atoms with E-state index in [1.807, 2.05) is 0 Å². The summed E-state index contributed by atoms with van der Waals surface area (Å²) in [5.41, 5.74) is 9.81. The maximum Gasteiger partial charge on any atom is 0.160 e. The summed E-state index contributed by atoms with van der Waals surface area (Å²) in [7, 11) is 0. The molecule has 2 aromatic heterocycles. The first-order valence-corrected chi connectivity index (χ1v) is 10.1. The first-order chi connectivity index (χ1) is 13.0.